The van der Waals surface area contributed by atoms with Crippen molar-refractivity contribution in [3.63, 3.8) is 0 Å². The Labute approximate surface area is 183 Å². The summed E-state index contributed by atoms with van der Waals surface area (Å²) < 4.78 is 13.2. The normalized spacial score (nSPS) is 13.3. The van der Waals surface area contributed by atoms with Gasteiger partial charge in [0, 0.05) is 32.6 Å². The highest BCUT2D eigenvalue weighted by Crippen LogP contribution is 2.37. The van der Waals surface area contributed by atoms with Gasteiger partial charge in [0.15, 0.2) is 0 Å². The lowest BCUT2D eigenvalue weighted by Gasteiger charge is -2.20. The third-order valence-corrected chi connectivity index (χ3v) is 6.76. The Bertz CT molecular complexity index is 1090. The zero-order valence-electron chi connectivity index (χ0n) is 15.6. The molecule has 3 nitrogen and oxygen atoms in total. The molecule has 0 fully saturated rings. The van der Waals surface area contributed by atoms with E-state index in [0.29, 0.717) is 15.6 Å². The van der Waals surface area contributed by atoms with Gasteiger partial charge in [0.2, 0.25) is 5.91 Å². The average molecular weight is 449 g/mol. The fraction of sp³-hybridized carbons (Fsp3) is 0.273. The van der Waals surface area contributed by atoms with Crippen LogP contribution in [0.4, 0.5) is 4.39 Å². The molecule has 29 heavy (non-hydrogen) atoms. The Hall–Kier alpha value is -1.82. The zero-order valence-corrected chi connectivity index (χ0v) is 17.9. The van der Waals surface area contributed by atoms with Crippen molar-refractivity contribution in [3.8, 4) is 0 Å². The van der Waals surface area contributed by atoms with E-state index in [-0.39, 0.29) is 18.2 Å². The van der Waals surface area contributed by atoms with E-state index < -0.39 is 5.82 Å². The number of aromatic nitrogens is 1. The number of nitrogens with zero attached hydrogens (tertiary/aromatic N) is 1. The average Bonchev–Trinajstić information content (AvgIpc) is 2.70. The predicted octanol–water partition coefficient (Wildman–Crippen LogP) is 5.97. The van der Waals surface area contributed by atoms with Crippen LogP contribution in [0.25, 0.3) is 10.9 Å². The van der Waals surface area contributed by atoms with Gasteiger partial charge in [-0.25, -0.2) is 4.39 Å². The molecule has 2 aromatic carbocycles. The maximum Gasteiger partial charge on any atom is 0.230 e. The lowest BCUT2D eigenvalue weighted by atomic mass is 9.94. The molecular formula is C22H19Cl2FN2OS. The number of carbonyl (C=O) groups excluding carboxylic acids is 1. The van der Waals surface area contributed by atoms with Crippen LogP contribution in [0.5, 0.6) is 0 Å². The summed E-state index contributed by atoms with van der Waals surface area (Å²) in [4.78, 5) is 18.4. The molecular weight excluding hydrogens is 430 g/mol. The maximum atomic E-state index is 13.2. The molecule has 1 aromatic heterocycles. The summed E-state index contributed by atoms with van der Waals surface area (Å²) in [6.45, 7) is 0.263. The number of pyridine rings is 1. The Morgan fingerprint density at radius 2 is 1.97 bits per heavy atom. The molecule has 0 spiro atoms. The van der Waals surface area contributed by atoms with Gasteiger partial charge in [0.05, 0.1) is 11.3 Å². The second-order valence-electron chi connectivity index (χ2n) is 7.04. The fourth-order valence-electron chi connectivity index (χ4n) is 3.57. The monoisotopic (exact) mass is 448 g/mol. The Morgan fingerprint density at radius 1 is 1.14 bits per heavy atom. The van der Waals surface area contributed by atoms with Gasteiger partial charge in [0.1, 0.15) is 5.82 Å². The third kappa shape index (κ3) is 4.68. The van der Waals surface area contributed by atoms with E-state index in [1.165, 1.54) is 29.5 Å². The number of thioether (sulfide) groups is 1. The lowest BCUT2D eigenvalue weighted by Crippen LogP contribution is -2.24. The van der Waals surface area contributed by atoms with Crippen LogP contribution in [0.3, 0.4) is 0 Å². The molecule has 1 N–H and O–H groups in total. The summed E-state index contributed by atoms with van der Waals surface area (Å²) in [5.74, 6) is -0.225. The molecule has 150 valence electrons. The summed E-state index contributed by atoms with van der Waals surface area (Å²) in [6.07, 6.45) is 4.21. The first kappa shape index (κ1) is 20.5. The molecule has 1 amide bonds. The van der Waals surface area contributed by atoms with Crippen LogP contribution in [-0.2, 0) is 24.2 Å². The van der Waals surface area contributed by atoms with Crippen molar-refractivity contribution in [1.29, 1.82) is 0 Å². The van der Waals surface area contributed by atoms with E-state index in [4.69, 9.17) is 28.2 Å². The van der Waals surface area contributed by atoms with Crippen molar-refractivity contribution in [2.75, 3.05) is 5.75 Å². The highest BCUT2D eigenvalue weighted by molar-refractivity contribution is 8.00. The number of benzene rings is 2. The first-order chi connectivity index (χ1) is 14.0. The van der Waals surface area contributed by atoms with Gasteiger partial charge in [-0.05, 0) is 67.1 Å². The minimum absolute atomic E-state index is 0.105. The van der Waals surface area contributed by atoms with Crippen molar-refractivity contribution in [2.45, 2.75) is 37.1 Å². The zero-order chi connectivity index (χ0) is 20.4. The Kier molecular flexibility index (Phi) is 6.28. The topological polar surface area (TPSA) is 42.0 Å². The lowest BCUT2D eigenvalue weighted by molar-refractivity contribution is -0.118. The molecule has 1 aliphatic rings. The third-order valence-electron chi connectivity index (χ3n) is 5.01. The number of rotatable bonds is 5. The summed E-state index contributed by atoms with van der Waals surface area (Å²) >= 11 is 13.8. The van der Waals surface area contributed by atoms with E-state index in [1.54, 1.807) is 6.07 Å². The molecule has 0 atom stereocenters. The van der Waals surface area contributed by atoms with Gasteiger partial charge in [0.25, 0.3) is 0 Å². The largest absolute Gasteiger partial charge is 0.351 e. The minimum Gasteiger partial charge on any atom is -0.351 e. The first-order valence-corrected chi connectivity index (χ1v) is 11.2. The molecule has 0 bridgehead atoms. The SMILES string of the molecule is O=C(CSc1c2c(nc3ccc(Cl)cc13)CCCC2)NCc1ccc(F)cc1Cl. The first-order valence-electron chi connectivity index (χ1n) is 9.45. The van der Waals surface area contributed by atoms with Gasteiger partial charge in [-0.3, -0.25) is 9.78 Å². The standard InChI is InChI=1S/C22H19Cl2FN2OS/c23-14-6-8-20-17(9-14)22(16-3-1-2-4-19(16)27-20)29-12-21(28)26-11-13-5-7-15(25)10-18(13)24/h5-10H,1-4,11-12H2,(H,26,28). The van der Waals surface area contributed by atoms with E-state index in [1.807, 2.05) is 18.2 Å². The number of halogens is 3. The predicted molar refractivity (Wildman–Crippen MR) is 117 cm³/mol. The van der Waals surface area contributed by atoms with Crippen LogP contribution < -0.4 is 5.32 Å². The van der Waals surface area contributed by atoms with Gasteiger partial charge in [-0.15, -0.1) is 11.8 Å². The van der Waals surface area contributed by atoms with Gasteiger partial charge >= 0.3 is 0 Å². The van der Waals surface area contributed by atoms with E-state index in [9.17, 15) is 9.18 Å². The van der Waals surface area contributed by atoms with Crippen LogP contribution in [0.15, 0.2) is 41.3 Å². The number of fused-ring (bicyclic) bond motifs is 2. The molecule has 0 radical (unpaired) electrons. The highest BCUT2D eigenvalue weighted by Gasteiger charge is 2.19. The number of carbonyl (C=O) groups is 1. The summed E-state index contributed by atoms with van der Waals surface area (Å²) in [5, 5.41) is 4.83. The molecule has 0 unspecified atom stereocenters. The van der Waals surface area contributed by atoms with E-state index in [2.05, 4.69) is 5.32 Å². The van der Waals surface area contributed by atoms with Crippen LogP contribution in [0.1, 0.15) is 29.7 Å². The van der Waals surface area contributed by atoms with Crippen molar-refractivity contribution in [1.82, 2.24) is 10.3 Å². The number of hydrogen-bond donors (Lipinski definition) is 1. The van der Waals surface area contributed by atoms with Gasteiger partial charge in [-0.2, -0.15) is 0 Å². The second kappa shape index (κ2) is 8.90. The molecule has 1 aliphatic carbocycles. The number of nitrogens with one attached hydrogen (secondary N) is 1. The van der Waals surface area contributed by atoms with E-state index >= 15 is 0 Å². The van der Waals surface area contributed by atoms with Crippen LogP contribution in [0.2, 0.25) is 10.0 Å². The molecule has 7 heteroatoms. The molecule has 3 aromatic rings. The highest BCUT2D eigenvalue weighted by atomic mass is 35.5. The molecule has 0 aliphatic heterocycles. The molecule has 0 saturated carbocycles. The van der Waals surface area contributed by atoms with Crippen molar-refractivity contribution in [2.24, 2.45) is 0 Å². The van der Waals surface area contributed by atoms with Crippen LogP contribution in [0, 0.1) is 5.82 Å². The molecule has 0 saturated heterocycles. The van der Waals surface area contributed by atoms with Crippen molar-refractivity contribution < 1.29 is 9.18 Å². The number of aryl methyl sites for hydroxylation is 1. The van der Waals surface area contributed by atoms with Crippen LogP contribution in [-0.4, -0.2) is 16.6 Å². The number of amides is 1. The van der Waals surface area contributed by atoms with Crippen LogP contribution >= 0.6 is 35.0 Å². The summed E-state index contributed by atoms with van der Waals surface area (Å²) in [6, 6.07) is 9.88. The van der Waals surface area contributed by atoms with Crippen molar-refractivity contribution >= 4 is 51.8 Å². The molecule has 4 rings (SSSR count). The maximum absolute atomic E-state index is 13.2. The Balaban J connectivity index is 1.51. The Morgan fingerprint density at radius 3 is 2.79 bits per heavy atom. The quantitative estimate of drug-likeness (QED) is 0.488. The number of hydrogen-bond acceptors (Lipinski definition) is 3. The van der Waals surface area contributed by atoms with E-state index in [0.717, 1.165) is 47.2 Å². The molecule has 1 heterocycles. The van der Waals surface area contributed by atoms with Gasteiger partial charge < -0.3 is 5.32 Å². The minimum atomic E-state index is -0.395. The second-order valence-corrected chi connectivity index (χ2v) is 8.87. The van der Waals surface area contributed by atoms with Crippen molar-refractivity contribution in [3.05, 3.63) is 69.1 Å². The van der Waals surface area contributed by atoms with Gasteiger partial charge in [-0.1, -0.05) is 29.3 Å². The summed E-state index contributed by atoms with van der Waals surface area (Å²) in [5.41, 5.74) is 3.97. The smallest absolute Gasteiger partial charge is 0.230 e. The summed E-state index contributed by atoms with van der Waals surface area (Å²) in [7, 11) is 0. The fourth-order valence-corrected chi connectivity index (χ4v) is 5.06.